The minimum Gasteiger partial charge on any atom is -0.349 e. The molecule has 1 aliphatic rings. The van der Waals surface area contributed by atoms with Crippen LogP contribution in [0.2, 0.25) is 0 Å². The Hall–Kier alpha value is -3.92. The zero-order valence-electron chi connectivity index (χ0n) is 17.5. The third-order valence-electron chi connectivity index (χ3n) is 5.62. The maximum absolute atomic E-state index is 13.1. The lowest BCUT2D eigenvalue weighted by Gasteiger charge is -2.10. The zero-order chi connectivity index (χ0) is 22.5. The van der Waals surface area contributed by atoms with Crippen LogP contribution in [0.5, 0.6) is 0 Å². The van der Waals surface area contributed by atoms with Crippen LogP contribution in [0.4, 0.5) is 10.1 Å². The Morgan fingerprint density at radius 3 is 2.56 bits per heavy atom. The van der Waals surface area contributed by atoms with Crippen molar-refractivity contribution in [3.8, 4) is 6.07 Å². The average Bonchev–Trinajstić information content (AvgIpc) is 3.42. The minimum absolute atomic E-state index is 0.0296. The molecule has 1 fully saturated rings. The van der Waals surface area contributed by atoms with Crippen LogP contribution in [-0.2, 0) is 16.1 Å². The first kappa shape index (κ1) is 21.3. The molecule has 0 saturated heterocycles. The molecule has 3 aromatic rings. The monoisotopic (exact) mass is 430 g/mol. The van der Waals surface area contributed by atoms with Crippen molar-refractivity contribution < 1.29 is 14.0 Å². The van der Waals surface area contributed by atoms with E-state index in [4.69, 9.17) is 0 Å². The maximum Gasteiger partial charge on any atom is 0.262 e. The number of rotatable bonds is 6. The van der Waals surface area contributed by atoms with Gasteiger partial charge in [0.1, 0.15) is 24.0 Å². The van der Waals surface area contributed by atoms with Crippen molar-refractivity contribution in [2.75, 3.05) is 5.32 Å². The van der Waals surface area contributed by atoms with Crippen LogP contribution in [0.25, 0.3) is 17.0 Å². The average molecular weight is 430 g/mol. The fourth-order valence-electron chi connectivity index (χ4n) is 4.05. The number of fused-ring (bicyclic) bond motifs is 1. The second kappa shape index (κ2) is 9.48. The maximum atomic E-state index is 13.1. The molecule has 2 aromatic carbocycles. The van der Waals surface area contributed by atoms with Crippen molar-refractivity contribution in [2.24, 2.45) is 0 Å². The van der Waals surface area contributed by atoms with Crippen molar-refractivity contribution >= 4 is 34.5 Å². The number of benzene rings is 2. The zero-order valence-corrected chi connectivity index (χ0v) is 17.5. The van der Waals surface area contributed by atoms with Crippen molar-refractivity contribution in [2.45, 2.75) is 38.3 Å². The van der Waals surface area contributed by atoms with E-state index in [1.807, 2.05) is 30.3 Å². The molecule has 0 radical (unpaired) electrons. The Morgan fingerprint density at radius 1 is 1.12 bits per heavy atom. The van der Waals surface area contributed by atoms with Crippen molar-refractivity contribution in [3.63, 3.8) is 0 Å². The summed E-state index contributed by atoms with van der Waals surface area (Å²) < 4.78 is 14.8. The summed E-state index contributed by atoms with van der Waals surface area (Å²) in [5.74, 6) is -1.02. The van der Waals surface area contributed by atoms with Gasteiger partial charge in [-0.1, -0.05) is 31.0 Å². The number of nitrogens with one attached hydrogen (secondary N) is 2. The van der Waals surface area contributed by atoms with E-state index in [9.17, 15) is 19.2 Å². The van der Waals surface area contributed by atoms with Crippen LogP contribution < -0.4 is 10.6 Å². The second-order valence-corrected chi connectivity index (χ2v) is 7.91. The molecule has 2 amide bonds. The summed E-state index contributed by atoms with van der Waals surface area (Å²) in [6.45, 7) is 0.0296. The third-order valence-corrected chi connectivity index (χ3v) is 5.62. The molecule has 0 aliphatic heterocycles. The largest absolute Gasteiger partial charge is 0.349 e. The summed E-state index contributed by atoms with van der Waals surface area (Å²) in [7, 11) is 0. The first-order chi connectivity index (χ1) is 15.5. The topological polar surface area (TPSA) is 86.9 Å². The minimum atomic E-state index is -0.374. The highest BCUT2D eigenvalue weighted by molar-refractivity contribution is 6.04. The van der Waals surface area contributed by atoms with Gasteiger partial charge in [-0.3, -0.25) is 9.59 Å². The molecule has 0 atom stereocenters. The van der Waals surface area contributed by atoms with Gasteiger partial charge in [-0.15, -0.1) is 0 Å². The van der Waals surface area contributed by atoms with E-state index >= 15 is 0 Å². The van der Waals surface area contributed by atoms with Gasteiger partial charge in [0.15, 0.2) is 0 Å². The highest BCUT2D eigenvalue weighted by atomic mass is 19.1. The first-order valence-electron chi connectivity index (χ1n) is 10.6. The van der Waals surface area contributed by atoms with E-state index in [-0.39, 0.29) is 35.8 Å². The fourth-order valence-corrected chi connectivity index (χ4v) is 4.05. The molecule has 1 aliphatic carbocycles. The number of nitriles is 1. The number of carbonyl (C=O) groups is 2. The predicted molar refractivity (Wildman–Crippen MR) is 121 cm³/mol. The fraction of sp³-hybridized carbons (Fsp3) is 0.240. The van der Waals surface area contributed by atoms with Crippen molar-refractivity contribution in [1.82, 2.24) is 9.88 Å². The molecule has 0 bridgehead atoms. The molecule has 1 saturated carbocycles. The Kier molecular flexibility index (Phi) is 6.31. The smallest absolute Gasteiger partial charge is 0.262 e. The van der Waals surface area contributed by atoms with Crippen LogP contribution in [0.3, 0.4) is 0 Å². The third kappa shape index (κ3) is 4.86. The molecule has 1 heterocycles. The van der Waals surface area contributed by atoms with Crippen LogP contribution >= 0.6 is 0 Å². The molecule has 162 valence electrons. The SMILES string of the molecule is N#C/C(=C/c1cn(CC(=O)Nc2ccc(F)cc2)c2ccccc12)C(=O)NC1CCCC1. The van der Waals surface area contributed by atoms with E-state index in [1.165, 1.54) is 24.3 Å². The van der Waals surface area contributed by atoms with Gasteiger partial charge in [-0.05, 0) is 49.2 Å². The van der Waals surface area contributed by atoms with Gasteiger partial charge >= 0.3 is 0 Å². The standard InChI is InChI=1S/C25H23FN4O2/c26-19-9-11-21(12-10-19)28-24(31)16-30-15-18(22-7-3-4-8-23(22)30)13-17(14-27)25(32)29-20-5-1-2-6-20/h3-4,7-13,15,20H,1-2,5-6,16H2,(H,28,31)(H,29,32)/b17-13-. The molecular weight excluding hydrogens is 407 g/mol. The van der Waals surface area contributed by atoms with E-state index in [0.717, 1.165) is 36.6 Å². The Morgan fingerprint density at radius 2 is 1.84 bits per heavy atom. The molecule has 2 N–H and O–H groups in total. The summed E-state index contributed by atoms with van der Waals surface area (Å²) in [6, 6.07) is 15.2. The number of nitrogens with zero attached hydrogens (tertiary/aromatic N) is 2. The van der Waals surface area contributed by atoms with Gasteiger partial charge in [0.05, 0.1) is 0 Å². The van der Waals surface area contributed by atoms with Crippen LogP contribution in [0.1, 0.15) is 31.2 Å². The van der Waals surface area contributed by atoms with E-state index in [2.05, 4.69) is 10.6 Å². The van der Waals surface area contributed by atoms with Crippen LogP contribution in [0.15, 0.2) is 60.3 Å². The predicted octanol–water partition coefficient (Wildman–Crippen LogP) is 4.38. The van der Waals surface area contributed by atoms with E-state index in [1.54, 1.807) is 16.8 Å². The quantitative estimate of drug-likeness (QED) is 0.449. The summed E-state index contributed by atoms with van der Waals surface area (Å²) in [5, 5.41) is 16.1. The Labute approximate surface area is 185 Å². The van der Waals surface area contributed by atoms with Crippen LogP contribution in [-0.4, -0.2) is 22.4 Å². The number of halogens is 1. The normalized spacial score (nSPS) is 14.3. The van der Waals surface area contributed by atoms with Gasteiger partial charge in [0.25, 0.3) is 5.91 Å². The van der Waals surface area contributed by atoms with Gasteiger partial charge in [-0.25, -0.2) is 4.39 Å². The number of amides is 2. The molecule has 1 aromatic heterocycles. The number of hydrogen-bond acceptors (Lipinski definition) is 3. The van der Waals surface area contributed by atoms with E-state index < -0.39 is 0 Å². The van der Waals surface area contributed by atoms with E-state index in [0.29, 0.717) is 11.3 Å². The highest BCUT2D eigenvalue weighted by Crippen LogP contribution is 2.24. The lowest BCUT2D eigenvalue weighted by Crippen LogP contribution is -2.33. The second-order valence-electron chi connectivity index (χ2n) is 7.91. The van der Waals surface area contributed by atoms with Crippen LogP contribution in [0, 0.1) is 17.1 Å². The molecule has 0 unspecified atom stereocenters. The van der Waals surface area contributed by atoms with Gasteiger partial charge in [0, 0.05) is 34.4 Å². The molecule has 0 spiro atoms. The summed E-state index contributed by atoms with van der Waals surface area (Å²) in [6.07, 6.45) is 7.38. The molecule has 6 nitrogen and oxygen atoms in total. The van der Waals surface area contributed by atoms with Gasteiger partial charge < -0.3 is 15.2 Å². The number of aromatic nitrogens is 1. The Bertz CT molecular complexity index is 1210. The Balaban J connectivity index is 1.57. The summed E-state index contributed by atoms with van der Waals surface area (Å²) in [5.41, 5.74) is 2.04. The summed E-state index contributed by atoms with van der Waals surface area (Å²) >= 11 is 0. The number of para-hydroxylation sites is 1. The molecule has 7 heteroatoms. The number of carbonyl (C=O) groups excluding carboxylic acids is 2. The molecule has 32 heavy (non-hydrogen) atoms. The van der Waals surface area contributed by atoms with Gasteiger partial charge in [0.2, 0.25) is 5.91 Å². The lowest BCUT2D eigenvalue weighted by molar-refractivity contribution is -0.118. The lowest BCUT2D eigenvalue weighted by atomic mass is 10.1. The summed E-state index contributed by atoms with van der Waals surface area (Å²) in [4.78, 5) is 25.1. The molecule has 4 rings (SSSR count). The first-order valence-corrected chi connectivity index (χ1v) is 10.6. The van der Waals surface area contributed by atoms with Gasteiger partial charge in [-0.2, -0.15) is 5.26 Å². The highest BCUT2D eigenvalue weighted by Gasteiger charge is 2.20. The number of anilines is 1. The molecular formula is C25H23FN4O2. The number of hydrogen-bond donors (Lipinski definition) is 2. The van der Waals surface area contributed by atoms with Crippen molar-refractivity contribution in [1.29, 1.82) is 5.26 Å². The van der Waals surface area contributed by atoms with Crippen molar-refractivity contribution in [3.05, 3.63) is 71.7 Å².